The molecule has 1 heterocycles. The van der Waals surface area contributed by atoms with E-state index in [2.05, 4.69) is 5.32 Å². The highest BCUT2D eigenvalue weighted by Crippen LogP contribution is 2.21. The summed E-state index contributed by atoms with van der Waals surface area (Å²) in [5.41, 5.74) is -0.967. The van der Waals surface area contributed by atoms with Gasteiger partial charge < -0.3 is 10.4 Å². The Morgan fingerprint density at radius 1 is 1.33 bits per heavy atom. The molecule has 0 aromatic rings. The van der Waals surface area contributed by atoms with Crippen LogP contribution in [0.5, 0.6) is 0 Å². The minimum Gasteiger partial charge on any atom is -0.388 e. The largest absolute Gasteiger partial charge is 0.401 e. The van der Waals surface area contributed by atoms with Crippen molar-refractivity contribution >= 4 is 0 Å². The van der Waals surface area contributed by atoms with E-state index in [-0.39, 0.29) is 6.54 Å². The van der Waals surface area contributed by atoms with Crippen molar-refractivity contribution < 1.29 is 18.3 Å². The Balaban J connectivity index is 2.38. The molecule has 0 aliphatic carbocycles. The fraction of sp³-hybridized carbons (Fsp3) is 1.00. The molecule has 1 fully saturated rings. The summed E-state index contributed by atoms with van der Waals surface area (Å²) in [6.45, 7) is 0.434. The van der Waals surface area contributed by atoms with Crippen LogP contribution >= 0.6 is 0 Å². The SMILES string of the molecule is CN(CC(F)(F)F)CC1(O)CCNCC1. The summed E-state index contributed by atoms with van der Waals surface area (Å²) < 4.78 is 36.1. The van der Waals surface area contributed by atoms with Crippen LogP contribution in [-0.4, -0.2) is 55.0 Å². The highest BCUT2D eigenvalue weighted by molar-refractivity contribution is 4.86. The van der Waals surface area contributed by atoms with Crippen molar-refractivity contribution in [3.63, 3.8) is 0 Å². The Bertz CT molecular complexity index is 202. The number of alkyl halides is 3. The summed E-state index contributed by atoms with van der Waals surface area (Å²) in [5.74, 6) is 0. The molecule has 0 saturated carbocycles. The van der Waals surface area contributed by atoms with Gasteiger partial charge in [0, 0.05) is 6.54 Å². The van der Waals surface area contributed by atoms with Crippen LogP contribution in [0.3, 0.4) is 0 Å². The van der Waals surface area contributed by atoms with Gasteiger partial charge in [0.1, 0.15) is 0 Å². The molecule has 15 heavy (non-hydrogen) atoms. The predicted octanol–water partition coefficient (Wildman–Crippen LogP) is 0.595. The van der Waals surface area contributed by atoms with Gasteiger partial charge in [-0.1, -0.05) is 0 Å². The Kier molecular flexibility index (Phi) is 3.97. The Morgan fingerprint density at radius 3 is 2.33 bits per heavy atom. The van der Waals surface area contributed by atoms with Gasteiger partial charge in [-0.05, 0) is 33.0 Å². The lowest BCUT2D eigenvalue weighted by molar-refractivity contribution is -0.150. The number of rotatable bonds is 3. The van der Waals surface area contributed by atoms with Gasteiger partial charge in [0.2, 0.25) is 0 Å². The van der Waals surface area contributed by atoms with Crippen LogP contribution in [-0.2, 0) is 0 Å². The Morgan fingerprint density at radius 2 is 1.87 bits per heavy atom. The van der Waals surface area contributed by atoms with E-state index in [1.54, 1.807) is 0 Å². The zero-order valence-electron chi connectivity index (χ0n) is 8.77. The third-order valence-electron chi connectivity index (χ3n) is 2.55. The molecule has 90 valence electrons. The summed E-state index contributed by atoms with van der Waals surface area (Å²) in [5, 5.41) is 13.1. The monoisotopic (exact) mass is 226 g/mol. The molecule has 0 aromatic carbocycles. The number of aliphatic hydroxyl groups is 1. The summed E-state index contributed by atoms with van der Waals surface area (Å²) in [7, 11) is 1.38. The summed E-state index contributed by atoms with van der Waals surface area (Å²) in [6.07, 6.45) is -3.18. The molecule has 6 heteroatoms. The van der Waals surface area contributed by atoms with Crippen molar-refractivity contribution in [2.45, 2.75) is 24.6 Å². The third-order valence-corrected chi connectivity index (χ3v) is 2.55. The number of hydrogen-bond acceptors (Lipinski definition) is 3. The highest BCUT2D eigenvalue weighted by Gasteiger charge is 2.35. The van der Waals surface area contributed by atoms with E-state index in [0.29, 0.717) is 25.9 Å². The van der Waals surface area contributed by atoms with Crippen LogP contribution in [0, 0.1) is 0 Å². The molecule has 2 N–H and O–H groups in total. The normalized spacial score (nSPS) is 22.0. The van der Waals surface area contributed by atoms with E-state index in [4.69, 9.17) is 0 Å². The van der Waals surface area contributed by atoms with E-state index in [0.717, 1.165) is 4.90 Å². The van der Waals surface area contributed by atoms with Crippen molar-refractivity contribution in [1.29, 1.82) is 0 Å². The fourth-order valence-corrected chi connectivity index (χ4v) is 1.91. The number of likely N-dealkylation sites (N-methyl/N-ethyl adjacent to an activating group) is 1. The predicted molar refractivity (Wildman–Crippen MR) is 50.6 cm³/mol. The number of halogens is 3. The van der Waals surface area contributed by atoms with Gasteiger partial charge in [0.25, 0.3) is 0 Å². The van der Waals surface area contributed by atoms with Crippen LogP contribution in [0.4, 0.5) is 13.2 Å². The minimum absolute atomic E-state index is 0.0776. The van der Waals surface area contributed by atoms with Gasteiger partial charge in [-0.15, -0.1) is 0 Å². The summed E-state index contributed by atoms with van der Waals surface area (Å²) >= 11 is 0. The molecule has 0 unspecified atom stereocenters. The molecule has 0 spiro atoms. The first-order chi connectivity index (χ1) is 6.81. The zero-order valence-corrected chi connectivity index (χ0v) is 8.77. The highest BCUT2D eigenvalue weighted by atomic mass is 19.4. The molecule has 0 aromatic heterocycles. The molecule has 1 rings (SSSR count). The molecule has 1 aliphatic heterocycles. The van der Waals surface area contributed by atoms with Gasteiger partial charge in [0.15, 0.2) is 0 Å². The minimum atomic E-state index is -4.20. The first kappa shape index (κ1) is 12.7. The van der Waals surface area contributed by atoms with Crippen LogP contribution in [0.1, 0.15) is 12.8 Å². The lowest BCUT2D eigenvalue weighted by Crippen LogP contribution is -2.50. The summed E-state index contributed by atoms with van der Waals surface area (Å²) in [6, 6.07) is 0. The van der Waals surface area contributed by atoms with Crippen LogP contribution < -0.4 is 5.32 Å². The smallest absolute Gasteiger partial charge is 0.388 e. The van der Waals surface area contributed by atoms with Crippen molar-refractivity contribution in [2.75, 3.05) is 33.2 Å². The molecule has 0 bridgehead atoms. The molecule has 0 atom stereocenters. The van der Waals surface area contributed by atoms with Crippen molar-refractivity contribution in [3.8, 4) is 0 Å². The van der Waals surface area contributed by atoms with Crippen molar-refractivity contribution in [3.05, 3.63) is 0 Å². The second-order valence-corrected chi connectivity index (χ2v) is 4.26. The maximum atomic E-state index is 12.0. The fourth-order valence-electron chi connectivity index (χ4n) is 1.91. The van der Waals surface area contributed by atoms with Crippen LogP contribution in [0.25, 0.3) is 0 Å². The Labute approximate surface area is 87.3 Å². The van der Waals surface area contributed by atoms with E-state index >= 15 is 0 Å². The number of piperidine rings is 1. The lowest BCUT2D eigenvalue weighted by atomic mass is 9.92. The van der Waals surface area contributed by atoms with Gasteiger partial charge in [-0.25, -0.2) is 0 Å². The molecule has 1 saturated heterocycles. The van der Waals surface area contributed by atoms with Crippen LogP contribution in [0.15, 0.2) is 0 Å². The van der Waals surface area contributed by atoms with Gasteiger partial charge in [-0.3, -0.25) is 4.90 Å². The molecular weight excluding hydrogens is 209 g/mol. The number of hydrogen-bond donors (Lipinski definition) is 2. The summed E-state index contributed by atoms with van der Waals surface area (Å²) in [4.78, 5) is 1.13. The molecular formula is C9H17F3N2O. The number of nitrogens with one attached hydrogen (secondary N) is 1. The molecule has 0 radical (unpaired) electrons. The first-order valence-electron chi connectivity index (χ1n) is 4.99. The van der Waals surface area contributed by atoms with Crippen molar-refractivity contribution in [1.82, 2.24) is 10.2 Å². The standard InChI is InChI=1S/C9H17F3N2O/c1-14(7-9(10,11)12)6-8(15)2-4-13-5-3-8/h13,15H,2-7H2,1H3. The molecule has 3 nitrogen and oxygen atoms in total. The molecule has 1 aliphatic rings. The van der Waals surface area contributed by atoms with E-state index < -0.39 is 18.3 Å². The number of nitrogens with zero attached hydrogens (tertiary/aromatic N) is 1. The second-order valence-electron chi connectivity index (χ2n) is 4.26. The first-order valence-corrected chi connectivity index (χ1v) is 4.99. The van der Waals surface area contributed by atoms with E-state index in [9.17, 15) is 18.3 Å². The van der Waals surface area contributed by atoms with Gasteiger partial charge in [-0.2, -0.15) is 13.2 Å². The van der Waals surface area contributed by atoms with Crippen LogP contribution in [0.2, 0.25) is 0 Å². The third kappa shape index (κ3) is 4.81. The average molecular weight is 226 g/mol. The quantitative estimate of drug-likeness (QED) is 0.739. The van der Waals surface area contributed by atoms with Crippen molar-refractivity contribution in [2.24, 2.45) is 0 Å². The van der Waals surface area contributed by atoms with E-state index in [1.165, 1.54) is 7.05 Å². The van der Waals surface area contributed by atoms with E-state index in [1.807, 2.05) is 0 Å². The second kappa shape index (κ2) is 4.67. The average Bonchev–Trinajstić information content (AvgIpc) is 1.99. The van der Waals surface area contributed by atoms with Gasteiger partial charge >= 0.3 is 6.18 Å². The maximum Gasteiger partial charge on any atom is 0.401 e. The zero-order chi connectivity index (χ0) is 11.5. The van der Waals surface area contributed by atoms with Gasteiger partial charge in [0.05, 0.1) is 12.1 Å². The lowest BCUT2D eigenvalue weighted by Gasteiger charge is -2.36. The molecule has 0 amide bonds. The topological polar surface area (TPSA) is 35.5 Å². The Hall–Kier alpha value is -0.330. The maximum absolute atomic E-state index is 12.0.